The Bertz CT molecular complexity index is 643. The summed E-state index contributed by atoms with van der Waals surface area (Å²) in [4.78, 5) is 26.4. The van der Waals surface area contributed by atoms with Crippen LogP contribution < -0.4 is 16.4 Å². The van der Waals surface area contributed by atoms with Crippen molar-refractivity contribution in [3.8, 4) is 0 Å². The Balaban J connectivity index is 0.00000392. The summed E-state index contributed by atoms with van der Waals surface area (Å²) >= 11 is 0. The van der Waals surface area contributed by atoms with Gasteiger partial charge in [0.1, 0.15) is 0 Å². The molecule has 1 aromatic carbocycles. The van der Waals surface area contributed by atoms with Crippen LogP contribution in [0.2, 0.25) is 0 Å². The van der Waals surface area contributed by atoms with Gasteiger partial charge in [-0.2, -0.15) is 0 Å². The molecule has 2 atom stereocenters. The predicted molar refractivity (Wildman–Crippen MR) is 122 cm³/mol. The first-order valence-corrected chi connectivity index (χ1v) is 9.99. The van der Waals surface area contributed by atoms with E-state index in [4.69, 9.17) is 5.73 Å². The second kappa shape index (κ2) is 13.8. The molecule has 0 aliphatic carbocycles. The standard InChI is InChI=1S/C21H34N4O2.2ClH/c1-15(2)20(22)21(27)24-13-19(26)23-12-17-9-4-5-10-18(17)14-25-11-7-6-8-16(25)3;;/h4-5,9-10,15-16,20H,6-8,11-14,22H2,1-3H3,(H,23,26)(H,24,27);2*1H/t16?,20-;;/m0../s1. The van der Waals surface area contributed by atoms with Crippen LogP contribution in [0.3, 0.4) is 0 Å². The third-order valence-electron chi connectivity index (χ3n) is 5.35. The van der Waals surface area contributed by atoms with E-state index in [0.717, 1.165) is 18.7 Å². The highest BCUT2D eigenvalue weighted by Gasteiger charge is 2.20. The first kappa shape index (κ1) is 27.7. The van der Waals surface area contributed by atoms with Crippen LogP contribution in [-0.4, -0.2) is 41.9 Å². The van der Waals surface area contributed by atoms with Gasteiger partial charge in [0.2, 0.25) is 11.8 Å². The highest BCUT2D eigenvalue weighted by Crippen LogP contribution is 2.20. The molecular formula is C21H36Cl2N4O2. The molecule has 166 valence electrons. The first-order chi connectivity index (χ1) is 12.9. The third-order valence-corrected chi connectivity index (χ3v) is 5.35. The van der Waals surface area contributed by atoms with Crippen LogP contribution in [0.15, 0.2) is 24.3 Å². The molecule has 0 radical (unpaired) electrons. The number of amides is 2. The molecule has 2 amide bonds. The van der Waals surface area contributed by atoms with Gasteiger partial charge in [0.25, 0.3) is 0 Å². The van der Waals surface area contributed by atoms with E-state index in [2.05, 4.69) is 34.6 Å². The van der Waals surface area contributed by atoms with Crippen LogP contribution >= 0.6 is 24.8 Å². The summed E-state index contributed by atoms with van der Waals surface area (Å²) in [6.07, 6.45) is 3.81. The summed E-state index contributed by atoms with van der Waals surface area (Å²) in [6.45, 7) is 8.49. The second-order valence-corrected chi connectivity index (χ2v) is 7.85. The number of halogens is 2. The van der Waals surface area contributed by atoms with Gasteiger partial charge in [-0.25, -0.2) is 0 Å². The van der Waals surface area contributed by atoms with Gasteiger partial charge >= 0.3 is 0 Å². The molecule has 1 aliphatic rings. The minimum absolute atomic E-state index is 0. The summed E-state index contributed by atoms with van der Waals surface area (Å²) in [5.41, 5.74) is 8.15. The molecule has 8 heteroatoms. The van der Waals surface area contributed by atoms with Crippen LogP contribution in [-0.2, 0) is 22.7 Å². The second-order valence-electron chi connectivity index (χ2n) is 7.85. The van der Waals surface area contributed by atoms with Gasteiger partial charge in [-0.3, -0.25) is 14.5 Å². The lowest BCUT2D eigenvalue weighted by molar-refractivity contribution is -0.127. The minimum Gasteiger partial charge on any atom is -0.350 e. The monoisotopic (exact) mass is 446 g/mol. The molecular weight excluding hydrogens is 411 g/mol. The average molecular weight is 447 g/mol. The largest absolute Gasteiger partial charge is 0.350 e. The molecule has 1 saturated heterocycles. The number of likely N-dealkylation sites (tertiary alicyclic amines) is 1. The molecule has 0 saturated carbocycles. The Morgan fingerprint density at radius 2 is 1.79 bits per heavy atom. The highest BCUT2D eigenvalue weighted by atomic mass is 35.5. The Morgan fingerprint density at radius 3 is 2.41 bits per heavy atom. The lowest BCUT2D eigenvalue weighted by atomic mass is 10.0. The van der Waals surface area contributed by atoms with Crippen molar-refractivity contribution in [1.82, 2.24) is 15.5 Å². The van der Waals surface area contributed by atoms with Crippen LogP contribution in [0.4, 0.5) is 0 Å². The first-order valence-electron chi connectivity index (χ1n) is 9.99. The summed E-state index contributed by atoms with van der Waals surface area (Å²) in [5.74, 6) is -0.461. The lowest BCUT2D eigenvalue weighted by Crippen LogP contribution is -2.47. The van der Waals surface area contributed by atoms with E-state index in [9.17, 15) is 9.59 Å². The van der Waals surface area contributed by atoms with E-state index in [1.807, 2.05) is 26.0 Å². The third kappa shape index (κ3) is 8.91. The van der Waals surface area contributed by atoms with Gasteiger partial charge in [0, 0.05) is 19.1 Å². The number of nitrogens with one attached hydrogen (secondary N) is 2. The fourth-order valence-electron chi connectivity index (χ4n) is 3.34. The molecule has 0 aromatic heterocycles. The summed E-state index contributed by atoms with van der Waals surface area (Å²) in [7, 11) is 0. The highest BCUT2D eigenvalue weighted by molar-refractivity contribution is 5.87. The van der Waals surface area contributed by atoms with Crippen LogP contribution in [0, 0.1) is 5.92 Å². The molecule has 0 spiro atoms. The van der Waals surface area contributed by atoms with Gasteiger partial charge in [-0.1, -0.05) is 44.5 Å². The van der Waals surface area contributed by atoms with Crippen LogP contribution in [0.1, 0.15) is 51.2 Å². The van der Waals surface area contributed by atoms with Crippen molar-refractivity contribution >= 4 is 36.6 Å². The van der Waals surface area contributed by atoms with Crippen molar-refractivity contribution in [3.63, 3.8) is 0 Å². The number of nitrogens with zero attached hydrogens (tertiary/aromatic N) is 1. The number of carbonyl (C=O) groups excluding carboxylic acids is 2. The van der Waals surface area contributed by atoms with Crippen molar-refractivity contribution < 1.29 is 9.59 Å². The van der Waals surface area contributed by atoms with E-state index in [0.29, 0.717) is 12.6 Å². The van der Waals surface area contributed by atoms with Crippen LogP contribution in [0.5, 0.6) is 0 Å². The van der Waals surface area contributed by atoms with Crippen molar-refractivity contribution in [3.05, 3.63) is 35.4 Å². The maximum Gasteiger partial charge on any atom is 0.239 e. The quantitative estimate of drug-likeness (QED) is 0.572. The number of hydrogen-bond acceptors (Lipinski definition) is 4. The van der Waals surface area contributed by atoms with E-state index < -0.39 is 6.04 Å². The smallest absolute Gasteiger partial charge is 0.239 e. The number of benzene rings is 1. The Kier molecular flexibility index (Phi) is 13.2. The van der Waals surface area contributed by atoms with Gasteiger partial charge in [0.15, 0.2) is 0 Å². The summed E-state index contributed by atoms with van der Waals surface area (Å²) < 4.78 is 0. The fraction of sp³-hybridized carbons (Fsp3) is 0.619. The van der Waals surface area contributed by atoms with E-state index >= 15 is 0 Å². The van der Waals surface area contributed by atoms with E-state index in [-0.39, 0.29) is 49.1 Å². The topological polar surface area (TPSA) is 87.5 Å². The van der Waals surface area contributed by atoms with Crippen molar-refractivity contribution in [2.75, 3.05) is 13.1 Å². The SMILES string of the molecule is CC(C)[C@H](N)C(=O)NCC(=O)NCc1ccccc1CN1CCCCC1C.Cl.Cl. The van der Waals surface area contributed by atoms with Gasteiger partial charge in [-0.05, 0) is 43.4 Å². The minimum atomic E-state index is -0.593. The predicted octanol–water partition coefficient (Wildman–Crippen LogP) is 2.62. The number of carbonyl (C=O) groups is 2. The molecule has 0 bridgehead atoms. The van der Waals surface area contributed by atoms with Gasteiger partial charge < -0.3 is 16.4 Å². The molecule has 1 fully saturated rings. The molecule has 1 heterocycles. The molecule has 4 N–H and O–H groups in total. The van der Waals surface area contributed by atoms with Crippen LogP contribution in [0.25, 0.3) is 0 Å². The number of hydrogen-bond donors (Lipinski definition) is 3. The van der Waals surface area contributed by atoms with Crippen molar-refractivity contribution in [1.29, 1.82) is 0 Å². The Morgan fingerprint density at radius 1 is 1.14 bits per heavy atom. The average Bonchev–Trinajstić information content (AvgIpc) is 2.66. The molecule has 1 aliphatic heterocycles. The normalized spacial score (nSPS) is 17.6. The maximum absolute atomic E-state index is 12.1. The van der Waals surface area contributed by atoms with Gasteiger partial charge in [-0.15, -0.1) is 24.8 Å². The van der Waals surface area contributed by atoms with Crippen molar-refractivity contribution in [2.24, 2.45) is 11.7 Å². The number of rotatable bonds is 8. The molecule has 1 unspecified atom stereocenters. The molecule has 29 heavy (non-hydrogen) atoms. The lowest BCUT2D eigenvalue weighted by Gasteiger charge is -2.33. The van der Waals surface area contributed by atoms with E-state index in [1.165, 1.54) is 24.8 Å². The molecule has 2 rings (SSSR count). The summed E-state index contributed by atoms with van der Waals surface area (Å²) in [5, 5.41) is 5.50. The summed E-state index contributed by atoms with van der Waals surface area (Å²) in [6, 6.07) is 8.23. The zero-order valence-electron chi connectivity index (χ0n) is 17.6. The Hall–Kier alpha value is -1.34. The fourth-order valence-corrected chi connectivity index (χ4v) is 3.34. The van der Waals surface area contributed by atoms with Gasteiger partial charge in [0.05, 0.1) is 12.6 Å². The maximum atomic E-state index is 12.1. The number of piperidine rings is 1. The zero-order chi connectivity index (χ0) is 19.8. The van der Waals surface area contributed by atoms with E-state index in [1.54, 1.807) is 0 Å². The Labute approximate surface area is 187 Å². The zero-order valence-corrected chi connectivity index (χ0v) is 19.3. The molecule has 6 nitrogen and oxygen atoms in total. The number of nitrogens with two attached hydrogens (primary N) is 1. The molecule has 1 aromatic rings. The van der Waals surface area contributed by atoms with Crippen molar-refractivity contribution in [2.45, 2.75) is 65.2 Å².